The molecule has 2 aromatic heterocycles. The predicted octanol–water partition coefficient (Wildman–Crippen LogP) is 2.39. The van der Waals surface area contributed by atoms with Crippen LogP contribution < -0.4 is 5.32 Å². The number of hydrogen-bond acceptors (Lipinski definition) is 3. The summed E-state index contributed by atoms with van der Waals surface area (Å²) in [6.45, 7) is 0.637. The van der Waals surface area contributed by atoms with Crippen molar-refractivity contribution in [2.24, 2.45) is 0 Å². The molecule has 1 N–H and O–H groups in total. The van der Waals surface area contributed by atoms with Crippen molar-refractivity contribution in [3.63, 3.8) is 0 Å². The Hall–Kier alpha value is -1.26. The SMILES string of the molecule is COCC(CCCl)Nc1cccc2nccn12. The maximum Gasteiger partial charge on any atom is 0.138 e. The molecule has 0 spiro atoms. The smallest absolute Gasteiger partial charge is 0.138 e. The van der Waals surface area contributed by atoms with E-state index in [-0.39, 0.29) is 6.04 Å². The van der Waals surface area contributed by atoms with E-state index in [4.69, 9.17) is 16.3 Å². The van der Waals surface area contributed by atoms with Crippen LogP contribution in [-0.2, 0) is 4.74 Å². The number of halogens is 1. The van der Waals surface area contributed by atoms with Crippen molar-refractivity contribution in [1.82, 2.24) is 9.38 Å². The number of nitrogens with zero attached hydrogens (tertiary/aromatic N) is 2. The predicted molar refractivity (Wildman–Crippen MR) is 69.8 cm³/mol. The molecule has 1 atom stereocenters. The first-order valence-electron chi connectivity index (χ1n) is 5.58. The van der Waals surface area contributed by atoms with Crippen LogP contribution in [0.3, 0.4) is 0 Å². The Morgan fingerprint density at radius 1 is 1.53 bits per heavy atom. The second kappa shape index (κ2) is 5.89. The Bertz CT molecular complexity index is 465. The first kappa shape index (κ1) is 12.2. The maximum absolute atomic E-state index is 5.78. The van der Waals surface area contributed by atoms with Gasteiger partial charge in [0, 0.05) is 25.4 Å². The zero-order valence-corrected chi connectivity index (χ0v) is 10.5. The number of aromatic nitrogens is 2. The van der Waals surface area contributed by atoms with Crippen LogP contribution in [0.1, 0.15) is 6.42 Å². The summed E-state index contributed by atoms with van der Waals surface area (Å²) in [7, 11) is 1.70. The Kier molecular flexibility index (Phi) is 4.23. The average Bonchev–Trinajstić information content (AvgIpc) is 2.79. The van der Waals surface area contributed by atoms with Gasteiger partial charge < -0.3 is 10.1 Å². The van der Waals surface area contributed by atoms with E-state index in [2.05, 4.69) is 10.3 Å². The molecule has 0 fully saturated rings. The molecule has 2 rings (SSSR count). The highest BCUT2D eigenvalue weighted by Gasteiger charge is 2.09. The number of alkyl halides is 1. The fraction of sp³-hybridized carbons (Fsp3) is 0.417. The lowest BCUT2D eigenvalue weighted by Crippen LogP contribution is -2.26. The average molecular weight is 254 g/mol. The molecule has 0 saturated carbocycles. The third-order valence-corrected chi connectivity index (χ3v) is 2.82. The minimum absolute atomic E-state index is 0.213. The summed E-state index contributed by atoms with van der Waals surface area (Å²) in [6.07, 6.45) is 4.58. The van der Waals surface area contributed by atoms with Crippen molar-refractivity contribution in [3.8, 4) is 0 Å². The second-order valence-electron chi connectivity index (χ2n) is 3.84. The zero-order valence-electron chi connectivity index (χ0n) is 9.77. The fourth-order valence-corrected chi connectivity index (χ4v) is 2.07. The van der Waals surface area contributed by atoms with E-state index in [9.17, 15) is 0 Å². The summed E-state index contributed by atoms with van der Waals surface area (Å²) in [5.41, 5.74) is 0.928. The lowest BCUT2D eigenvalue weighted by Gasteiger charge is -2.18. The molecule has 17 heavy (non-hydrogen) atoms. The Morgan fingerprint density at radius 3 is 3.18 bits per heavy atom. The number of pyridine rings is 1. The van der Waals surface area contributed by atoms with Crippen LogP contribution in [0.5, 0.6) is 0 Å². The molecule has 1 unspecified atom stereocenters. The molecule has 2 heterocycles. The lowest BCUT2D eigenvalue weighted by atomic mass is 10.2. The molecule has 0 aliphatic carbocycles. The van der Waals surface area contributed by atoms with E-state index in [1.54, 1.807) is 13.3 Å². The molecule has 0 radical (unpaired) electrons. The minimum Gasteiger partial charge on any atom is -0.383 e. The van der Waals surface area contributed by atoms with Gasteiger partial charge in [0.15, 0.2) is 0 Å². The van der Waals surface area contributed by atoms with Crippen LogP contribution in [0, 0.1) is 0 Å². The van der Waals surface area contributed by atoms with Gasteiger partial charge in [0.2, 0.25) is 0 Å². The molecule has 0 bridgehead atoms. The lowest BCUT2D eigenvalue weighted by molar-refractivity contribution is 0.184. The number of imidazole rings is 1. The minimum atomic E-state index is 0.213. The van der Waals surface area contributed by atoms with Crippen molar-refractivity contribution in [2.75, 3.05) is 24.9 Å². The third kappa shape index (κ3) is 2.90. The number of nitrogens with one attached hydrogen (secondary N) is 1. The van der Waals surface area contributed by atoms with Crippen LogP contribution in [0.2, 0.25) is 0 Å². The number of ether oxygens (including phenoxy) is 1. The van der Waals surface area contributed by atoms with E-state index in [1.165, 1.54) is 0 Å². The first-order valence-corrected chi connectivity index (χ1v) is 6.12. The molecule has 0 saturated heterocycles. The Morgan fingerprint density at radius 2 is 2.41 bits per heavy atom. The summed E-state index contributed by atoms with van der Waals surface area (Å²) >= 11 is 5.78. The van der Waals surface area contributed by atoms with Gasteiger partial charge in [-0.25, -0.2) is 4.98 Å². The molecular formula is C12H16ClN3O. The standard InChI is InChI=1S/C12H16ClN3O/c1-17-9-10(5-6-13)15-12-4-2-3-11-14-7-8-16(11)12/h2-4,7-8,10,15H,5-6,9H2,1H3. The second-order valence-corrected chi connectivity index (χ2v) is 4.22. The topological polar surface area (TPSA) is 38.6 Å². The molecule has 0 amide bonds. The van der Waals surface area contributed by atoms with Crippen molar-refractivity contribution >= 4 is 23.1 Å². The van der Waals surface area contributed by atoms with E-state index in [0.717, 1.165) is 17.9 Å². The first-order chi connectivity index (χ1) is 8.35. The van der Waals surface area contributed by atoms with Crippen LogP contribution >= 0.6 is 11.6 Å². The van der Waals surface area contributed by atoms with Crippen LogP contribution in [-0.4, -0.2) is 35.0 Å². The third-order valence-electron chi connectivity index (χ3n) is 2.61. The van der Waals surface area contributed by atoms with E-state index in [0.29, 0.717) is 12.5 Å². The quantitative estimate of drug-likeness (QED) is 0.804. The van der Waals surface area contributed by atoms with Crippen molar-refractivity contribution in [2.45, 2.75) is 12.5 Å². The maximum atomic E-state index is 5.78. The fourth-order valence-electron chi connectivity index (χ4n) is 1.80. The molecule has 4 nitrogen and oxygen atoms in total. The van der Waals surface area contributed by atoms with Crippen molar-refractivity contribution < 1.29 is 4.74 Å². The monoisotopic (exact) mass is 253 g/mol. The van der Waals surface area contributed by atoms with E-state index >= 15 is 0 Å². The van der Waals surface area contributed by atoms with E-state index in [1.807, 2.05) is 28.8 Å². The van der Waals surface area contributed by atoms with Gasteiger partial charge in [-0.1, -0.05) is 6.07 Å². The van der Waals surface area contributed by atoms with Gasteiger partial charge in [-0.2, -0.15) is 0 Å². The molecular weight excluding hydrogens is 238 g/mol. The zero-order chi connectivity index (χ0) is 12.1. The van der Waals surface area contributed by atoms with Gasteiger partial charge in [0.1, 0.15) is 11.5 Å². The summed E-state index contributed by atoms with van der Waals surface area (Å²) in [6, 6.07) is 6.18. The normalized spacial score (nSPS) is 12.8. The molecule has 0 aliphatic rings. The summed E-state index contributed by atoms with van der Waals surface area (Å²) in [4.78, 5) is 4.24. The van der Waals surface area contributed by atoms with Crippen molar-refractivity contribution in [3.05, 3.63) is 30.6 Å². The highest BCUT2D eigenvalue weighted by atomic mass is 35.5. The number of hydrogen-bond donors (Lipinski definition) is 1. The highest BCUT2D eigenvalue weighted by Crippen LogP contribution is 2.13. The number of fused-ring (bicyclic) bond motifs is 1. The Balaban J connectivity index is 2.18. The summed E-state index contributed by atoms with van der Waals surface area (Å²) in [5, 5.41) is 3.42. The van der Waals surface area contributed by atoms with Gasteiger partial charge >= 0.3 is 0 Å². The number of rotatable bonds is 6. The molecule has 2 aromatic rings. The largest absolute Gasteiger partial charge is 0.383 e. The van der Waals surface area contributed by atoms with Crippen LogP contribution in [0.4, 0.5) is 5.82 Å². The van der Waals surface area contributed by atoms with Crippen molar-refractivity contribution in [1.29, 1.82) is 0 Å². The van der Waals surface area contributed by atoms with E-state index < -0.39 is 0 Å². The molecule has 5 heteroatoms. The van der Waals surface area contributed by atoms with Gasteiger partial charge in [0.25, 0.3) is 0 Å². The van der Waals surface area contributed by atoms with Crippen LogP contribution in [0.15, 0.2) is 30.6 Å². The molecule has 92 valence electrons. The van der Waals surface area contributed by atoms with Gasteiger partial charge in [-0.05, 0) is 18.6 Å². The summed E-state index contributed by atoms with van der Waals surface area (Å²) < 4.78 is 7.19. The van der Waals surface area contributed by atoms with Gasteiger partial charge in [0.05, 0.1) is 12.6 Å². The van der Waals surface area contributed by atoms with Crippen LogP contribution in [0.25, 0.3) is 5.65 Å². The van der Waals surface area contributed by atoms with Gasteiger partial charge in [-0.3, -0.25) is 4.40 Å². The summed E-state index contributed by atoms with van der Waals surface area (Å²) in [5.74, 6) is 1.62. The molecule has 0 aliphatic heterocycles. The molecule has 0 aromatic carbocycles. The Labute approximate surface area is 106 Å². The highest BCUT2D eigenvalue weighted by molar-refractivity contribution is 6.17. The number of methoxy groups -OCH3 is 1. The van der Waals surface area contributed by atoms with Gasteiger partial charge in [-0.15, -0.1) is 11.6 Å². The number of anilines is 1.